The molecule has 30 heavy (non-hydrogen) atoms. The summed E-state index contributed by atoms with van der Waals surface area (Å²) in [6.45, 7) is 2.10. The van der Waals surface area contributed by atoms with E-state index in [1.54, 1.807) is 30.5 Å². The molecule has 0 saturated heterocycles. The van der Waals surface area contributed by atoms with Crippen LogP contribution in [0.4, 0.5) is 13.2 Å². The third-order valence-electron chi connectivity index (χ3n) is 4.37. The van der Waals surface area contributed by atoms with Gasteiger partial charge in [0.1, 0.15) is 0 Å². The Morgan fingerprint density at radius 3 is 2.70 bits per heavy atom. The standard InChI is InChI=1S/C20H16F3N5OS/c1-2-13-6-7-16(30-13)14-9-17(20(21,22)23)28-18(26-14)10-15(27-28)19(29)25-11-12-5-3-4-8-24-12/h3-10H,2,11H2,1H3,(H,25,29). The summed E-state index contributed by atoms with van der Waals surface area (Å²) in [6, 6.07) is 11.1. The first-order valence-corrected chi connectivity index (χ1v) is 9.92. The maximum absolute atomic E-state index is 13.7. The lowest BCUT2D eigenvalue weighted by Crippen LogP contribution is -2.24. The van der Waals surface area contributed by atoms with E-state index in [2.05, 4.69) is 20.4 Å². The predicted octanol–water partition coefficient (Wildman–Crippen LogP) is 4.36. The number of alkyl halides is 3. The van der Waals surface area contributed by atoms with Gasteiger partial charge < -0.3 is 5.32 Å². The van der Waals surface area contributed by atoms with E-state index >= 15 is 0 Å². The topological polar surface area (TPSA) is 72.2 Å². The zero-order valence-corrected chi connectivity index (χ0v) is 16.6. The Kier molecular flexibility index (Phi) is 5.25. The Balaban J connectivity index is 1.70. The molecule has 4 rings (SSSR count). The molecule has 0 aromatic carbocycles. The summed E-state index contributed by atoms with van der Waals surface area (Å²) in [6.07, 6.45) is -2.29. The van der Waals surface area contributed by atoms with Crippen LogP contribution in [0.25, 0.3) is 16.2 Å². The molecule has 4 aromatic heterocycles. The molecule has 0 aliphatic heterocycles. The Morgan fingerprint density at radius 1 is 1.20 bits per heavy atom. The zero-order chi connectivity index (χ0) is 21.3. The van der Waals surface area contributed by atoms with Crippen LogP contribution in [0, 0.1) is 0 Å². The number of aromatic nitrogens is 4. The number of amides is 1. The Hall–Kier alpha value is -3.27. The number of pyridine rings is 1. The summed E-state index contributed by atoms with van der Waals surface area (Å²) in [5.74, 6) is -0.606. The maximum atomic E-state index is 13.7. The van der Waals surface area contributed by atoms with E-state index in [0.717, 1.165) is 17.4 Å². The smallest absolute Gasteiger partial charge is 0.345 e. The second-order valence-corrected chi connectivity index (χ2v) is 7.62. The summed E-state index contributed by atoms with van der Waals surface area (Å²) in [7, 11) is 0. The minimum Gasteiger partial charge on any atom is -0.345 e. The van der Waals surface area contributed by atoms with Crippen molar-refractivity contribution in [3.05, 3.63) is 70.6 Å². The number of hydrogen-bond acceptors (Lipinski definition) is 5. The van der Waals surface area contributed by atoms with E-state index in [1.807, 2.05) is 13.0 Å². The van der Waals surface area contributed by atoms with Crippen molar-refractivity contribution in [2.24, 2.45) is 0 Å². The van der Waals surface area contributed by atoms with Gasteiger partial charge in [-0.05, 0) is 36.8 Å². The molecule has 0 aliphatic carbocycles. The number of nitrogens with one attached hydrogen (secondary N) is 1. The van der Waals surface area contributed by atoms with E-state index in [9.17, 15) is 18.0 Å². The number of halogens is 3. The van der Waals surface area contributed by atoms with Crippen molar-refractivity contribution in [3.8, 4) is 10.6 Å². The molecule has 6 nitrogen and oxygen atoms in total. The molecule has 0 aliphatic rings. The molecule has 0 fully saturated rings. The van der Waals surface area contributed by atoms with Crippen molar-refractivity contribution >= 4 is 22.9 Å². The average molecular weight is 431 g/mol. The normalized spacial score (nSPS) is 11.7. The van der Waals surface area contributed by atoms with Gasteiger partial charge in [-0.1, -0.05) is 13.0 Å². The minimum absolute atomic E-state index is 0.0470. The highest BCUT2D eigenvalue weighted by Gasteiger charge is 2.35. The summed E-state index contributed by atoms with van der Waals surface area (Å²) in [5.41, 5.74) is -0.371. The lowest BCUT2D eigenvalue weighted by Gasteiger charge is -2.10. The first-order valence-electron chi connectivity index (χ1n) is 9.10. The van der Waals surface area contributed by atoms with Gasteiger partial charge in [0.25, 0.3) is 5.91 Å². The van der Waals surface area contributed by atoms with Crippen molar-refractivity contribution in [2.75, 3.05) is 0 Å². The second-order valence-electron chi connectivity index (χ2n) is 6.45. The first-order chi connectivity index (χ1) is 14.3. The number of aryl methyl sites for hydroxylation is 1. The summed E-state index contributed by atoms with van der Waals surface area (Å²) < 4.78 is 41.7. The Labute approximate surface area is 173 Å². The molecule has 4 heterocycles. The molecule has 1 amide bonds. The van der Waals surface area contributed by atoms with Gasteiger partial charge in [0.15, 0.2) is 17.0 Å². The van der Waals surface area contributed by atoms with Gasteiger partial charge in [0.05, 0.1) is 22.8 Å². The highest BCUT2D eigenvalue weighted by Crippen LogP contribution is 2.34. The first kappa shape index (κ1) is 20.0. The lowest BCUT2D eigenvalue weighted by molar-refractivity contribution is -0.142. The van der Waals surface area contributed by atoms with Gasteiger partial charge in [-0.25, -0.2) is 9.50 Å². The minimum atomic E-state index is -4.66. The number of fused-ring (bicyclic) bond motifs is 1. The molecule has 0 atom stereocenters. The van der Waals surface area contributed by atoms with Crippen LogP contribution in [0.1, 0.15) is 33.7 Å². The van der Waals surface area contributed by atoms with E-state index in [0.29, 0.717) is 15.1 Å². The number of nitrogens with zero attached hydrogens (tertiary/aromatic N) is 4. The van der Waals surface area contributed by atoms with E-state index in [4.69, 9.17) is 0 Å². The van der Waals surface area contributed by atoms with Crippen LogP contribution in [0.15, 0.2) is 48.7 Å². The van der Waals surface area contributed by atoms with Crippen molar-refractivity contribution in [2.45, 2.75) is 26.1 Å². The molecular formula is C20H16F3N5OS. The highest BCUT2D eigenvalue weighted by atomic mass is 32.1. The van der Waals surface area contributed by atoms with Crippen molar-refractivity contribution in [1.82, 2.24) is 24.9 Å². The van der Waals surface area contributed by atoms with E-state index in [1.165, 1.54) is 17.4 Å². The fourth-order valence-corrected chi connectivity index (χ4v) is 3.79. The molecular weight excluding hydrogens is 415 g/mol. The van der Waals surface area contributed by atoms with Crippen LogP contribution >= 0.6 is 11.3 Å². The predicted molar refractivity (Wildman–Crippen MR) is 106 cm³/mol. The SMILES string of the molecule is CCc1ccc(-c2cc(C(F)(F)F)n3nc(C(=O)NCc4ccccn4)cc3n2)s1. The lowest BCUT2D eigenvalue weighted by atomic mass is 10.2. The van der Waals surface area contributed by atoms with Crippen molar-refractivity contribution in [3.63, 3.8) is 0 Å². The van der Waals surface area contributed by atoms with Crippen molar-refractivity contribution in [1.29, 1.82) is 0 Å². The molecule has 10 heteroatoms. The molecule has 154 valence electrons. The van der Waals surface area contributed by atoms with Gasteiger partial charge >= 0.3 is 6.18 Å². The van der Waals surface area contributed by atoms with Crippen LogP contribution in [0.5, 0.6) is 0 Å². The number of hydrogen-bond donors (Lipinski definition) is 1. The molecule has 0 radical (unpaired) electrons. The summed E-state index contributed by atoms with van der Waals surface area (Å²) in [5, 5.41) is 6.46. The average Bonchev–Trinajstić information content (AvgIpc) is 3.38. The molecule has 1 N–H and O–H groups in total. The summed E-state index contributed by atoms with van der Waals surface area (Å²) in [4.78, 5) is 22.5. The van der Waals surface area contributed by atoms with Crippen LogP contribution in [0.2, 0.25) is 0 Å². The number of carbonyl (C=O) groups excluding carboxylic acids is 1. The third kappa shape index (κ3) is 4.04. The molecule has 0 bridgehead atoms. The fraction of sp³-hybridized carbons (Fsp3) is 0.200. The second kappa shape index (κ2) is 7.86. The third-order valence-corrected chi connectivity index (χ3v) is 5.62. The fourth-order valence-electron chi connectivity index (χ4n) is 2.88. The van der Waals surface area contributed by atoms with Gasteiger partial charge in [-0.2, -0.15) is 18.3 Å². The quantitative estimate of drug-likeness (QED) is 0.510. The van der Waals surface area contributed by atoms with Gasteiger partial charge in [-0.15, -0.1) is 11.3 Å². The number of carbonyl (C=O) groups is 1. The molecule has 0 spiro atoms. The molecule has 0 unspecified atom stereocenters. The molecule has 4 aromatic rings. The highest BCUT2D eigenvalue weighted by molar-refractivity contribution is 7.15. The van der Waals surface area contributed by atoms with Gasteiger partial charge in [0, 0.05) is 17.1 Å². The van der Waals surface area contributed by atoms with E-state index < -0.39 is 17.8 Å². The maximum Gasteiger partial charge on any atom is 0.433 e. The zero-order valence-electron chi connectivity index (χ0n) is 15.8. The van der Waals surface area contributed by atoms with Crippen LogP contribution < -0.4 is 5.32 Å². The Morgan fingerprint density at radius 2 is 2.03 bits per heavy atom. The number of rotatable bonds is 5. The summed E-state index contributed by atoms with van der Waals surface area (Å²) >= 11 is 1.39. The van der Waals surface area contributed by atoms with E-state index in [-0.39, 0.29) is 23.6 Å². The van der Waals surface area contributed by atoms with Gasteiger partial charge in [-0.3, -0.25) is 9.78 Å². The van der Waals surface area contributed by atoms with Crippen LogP contribution in [-0.2, 0) is 19.1 Å². The van der Waals surface area contributed by atoms with Crippen LogP contribution in [-0.4, -0.2) is 25.5 Å². The van der Waals surface area contributed by atoms with Gasteiger partial charge in [0.2, 0.25) is 0 Å². The largest absolute Gasteiger partial charge is 0.433 e. The Bertz CT molecular complexity index is 1200. The number of thiophene rings is 1. The van der Waals surface area contributed by atoms with Crippen LogP contribution in [0.3, 0.4) is 0 Å². The molecule has 0 saturated carbocycles. The van der Waals surface area contributed by atoms with Crippen molar-refractivity contribution < 1.29 is 18.0 Å². The monoisotopic (exact) mass is 431 g/mol.